The van der Waals surface area contributed by atoms with Crippen molar-refractivity contribution in [3.05, 3.63) is 77.0 Å². The van der Waals surface area contributed by atoms with E-state index in [0.29, 0.717) is 11.5 Å². The molecule has 2 amide bonds. The first kappa shape index (κ1) is 20.0. The van der Waals surface area contributed by atoms with Crippen molar-refractivity contribution in [2.75, 3.05) is 22.5 Å². The molecule has 7 heteroatoms. The molecule has 0 aliphatic heterocycles. The Morgan fingerprint density at radius 1 is 0.862 bits per heavy atom. The number of nitrogens with zero attached hydrogens (tertiary/aromatic N) is 2. The number of carbonyl (C=O) groups is 2. The topological polar surface area (TPSA) is 96.0 Å². The van der Waals surface area contributed by atoms with Crippen molar-refractivity contribution in [3.63, 3.8) is 0 Å². The molecule has 0 aliphatic carbocycles. The molecule has 0 spiro atoms. The van der Waals surface area contributed by atoms with Crippen LogP contribution in [0.3, 0.4) is 0 Å². The Morgan fingerprint density at radius 3 is 2.17 bits per heavy atom. The second-order valence-electron chi connectivity index (χ2n) is 6.80. The highest BCUT2D eigenvalue weighted by atomic mass is 16.2. The first-order valence-electron chi connectivity index (χ1n) is 9.24. The van der Waals surface area contributed by atoms with Crippen LogP contribution in [0.5, 0.6) is 0 Å². The van der Waals surface area contributed by atoms with Gasteiger partial charge in [0, 0.05) is 11.4 Å². The lowest BCUT2D eigenvalue weighted by Crippen LogP contribution is -2.23. The predicted octanol–water partition coefficient (Wildman–Crippen LogP) is 3.70. The van der Waals surface area contributed by atoms with E-state index >= 15 is 0 Å². The molecule has 0 atom stereocenters. The van der Waals surface area contributed by atoms with Crippen molar-refractivity contribution in [3.8, 4) is 0 Å². The van der Waals surface area contributed by atoms with E-state index in [9.17, 15) is 9.59 Å². The summed E-state index contributed by atoms with van der Waals surface area (Å²) in [6.45, 7) is 5.99. The highest BCUT2D eigenvalue weighted by Crippen LogP contribution is 2.21. The third kappa shape index (κ3) is 5.38. The van der Waals surface area contributed by atoms with Crippen LogP contribution in [0.4, 0.5) is 17.2 Å². The van der Waals surface area contributed by atoms with Crippen molar-refractivity contribution in [2.24, 2.45) is 0 Å². The maximum Gasteiger partial charge on any atom is 0.276 e. The number of amides is 2. The predicted molar refractivity (Wildman–Crippen MR) is 114 cm³/mol. The van der Waals surface area contributed by atoms with Crippen molar-refractivity contribution in [1.29, 1.82) is 0 Å². The van der Waals surface area contributed by atoms with E-state index in [2.05, 4.69) is 26.1 Å². The summed E-state index contributed by atoms with van der Waals surface area (Å²) in [5, 5.41) is 16.5. The van der Waals surface area contributed by atoms with Crippen LogP contribution in [-0.4, -0.2) is 28.6 Å². The van der Waals surface area contributed by atoms with E-state index in [1.54, 1.807) is 24.3 Å². The number of aryl methyl sites for hydroxylation is 3. The Morgan fingerprint density at radius 2 is 1.55 bits per heavy atom. The minimum atomic E-state index is -0.349. The van der Waals surface area contributed by atoms with Gasteiger partial charge in [0.1, 0.15) is 5.82 Å². The van der Waals surface area contributed by atoms with Gasteiger partial charge >= 0.3 is 0 Å². The molecular formula is C22H23N5O2. The molecule has 7 nitrogen and oxygen atoms in total. The highest BCUT2D eigenvalue weighted by molar-refractivity contribution is 6.02. The molecule has 29 heavy (non-hydrogen) atoms. The summed E-state index contributed by atoms with van der Waals surface area (Å²) in [7, 11) is 0. The van der Waals surface area contributed by atoms with E-state index in [4.69, 9.17) is 0 Å². The maximum absolute atomic E-state index is 12.3. The molecule has 0 saturated carbocycles. The Labute approximate surface area is 169 Å². The van der Waals surface area contributed by atoms with E-state index in [1.165, 1.54) is 0 Å². The fourth-order valence-corrected chi connectivity index (χ4v) is 3.00. The minimum absolute atomic E-state index is 0.0387. The van der Waals surface area contributed by atoms with Crippen molar-refractivity contribution in [1.82, 2.24) is 10.2 Å². The van der Waals surface area contributed by atoms with Crippen LogP contribution >= 0.6 is 0 Å². The summed E-state index contributed by atoms with van der Waals surface area (Å²) >= 11 is 0. The number of anilines is 3. The second-order valence-corrected chi connectivity index (χ2v) is 6.80. The molecular weight excluding hydrogens is 366 g/mol. The average molecular weight is 389 g/mol. The van der Waals surface area contributed by atoms with Gasteiger partial charge in [-0.1, -0.05) is 35.9 Å². The van der Waals surface area contributed by atoms with Gasteiger partial charge in [-0.3, -0.25) is 9.59 Å². The summed E-state index contributed by atoms with van der Waals surface area (Å²) in [6, 6.07) is 16.3. The third-order valence-electron chi connectivity index (χ3n) is 4.30. The lowest BCUT2D eigenvalue weighted by molar-refractivity contribution is -0.114. The van der Waals surface area contributed by atoms with Gasteiger partial charge in [0.15, 0.2) is 5.69 Å². The summed E-state index contributed by atoms with van der Waals surface area (Å²) in [5.41, 5.74) is 4.88. The van der Waals surface area contributed by atoms with Gasteiger partial charge in [-0.25, -0.2) is 0 Å². The minimum Gasteiger partial charge on any atom is -0.360 e. The van der Waals surface area contributed by atoms with Crippen molar-refractivity contribution < 1.29 is 9.59 Å². The van der Waals surface area contributed by atoms with Gasteiger partial charge in [0.2, 0.25) is 5.91 Å². The monoisotopic (exact) mass is 389 g/mol. The Kier molecular flexibility index (Phi) is 6.19. The number of rotatable bonds is 6. The molecule has 1 heterocycles. The van der Waals surface area contributed by atoms with Crippen LogP contribution in [0.15, 0.2) is 54.6 Å². The molecule has 3 aromatic rings. The highest BCUT2D eigenvalue weighted by Gasteiger charge is 2.11. The Hall–Kier alpha value is -3.74. The SMILES string of the molecule is Cc1cc(C)c(NC(=O)CNc2ccc(C(=O)Nc3ccccc3)nn2)c(C)c1. The molecule has 1 aromatic heterocycles. The zero-order valence-corrected chi connectivity index (χ0v) is 16.6. The fourth-order valence-electron chi connectivity index (χ4n) is 3.00. The number of carbonyl (C=O) groups excluding carboxylic acids is 2. The van der Waals surface area contributed by atoms with E-state index in [-0.39, 0.29) is 24.1 Å². The van der Waals surface area contributed by atoms with Gasteiger partial charge in [0.05, 0.1) is 6.54 Å². The standard InChI is InChI=1S/C22H23N5O2/c1-14-11-15(2)21(16(3)12-14)25-20(28)13-23-19-10-9-18(26-27-19)22(29)24-17-7-5-4-6-8-17/h4-12H,13H2,1-3H3,(H,23,27)(H,24,29)(H,25,28). The van der Waals surface area contributed by atoms with Gasteiger partial charge in [0.25, 0.3) is 5.91 Å². The Balaban J connectivity index is 1.55. The van der Waals surface area contributed by atoms with Gasteiger partial charge in [-0.15, -0.1) is 10.2 Å². The molecule has 0 unspecified atom stereocenters. The summed E-state index contributed by atoms with van der Waals surface area (Å²) in [5.74, 6) is -0.125. The molecule has 0 bridgehead atoms. The number of hydrogen-bond acceptors (Lipinski definition) is 5. The van der Waals surface area contributed by atoms with Crippen molar-refractivity contribution >= 4 is 29.0 Å². The maximum atomic E-state index is 12.3. The lowest BCUT2D eigenvalue weighted by Gasteiger charge is -2.13. The number of hydrogen-bond donors (Lipinski definition) is 3. The van der Waals surface area contributed by atoms with Crippen molar-refractivity contribution in [2.45, 2.75) is 20.8 Å². The summed E-state index contributed by atoms with van der Waals surface area (Å²) in [4.78, 5) is 24.5. The molecule has 148 valence electrons. The molecule has 2 aromatic carbocycles. The fraction of sp³-hybridized carbons (Fsp3) is 0.182. The second kappa shape index (κ2) is 8.97. The molecule has 3 N–H and O–H groups in total. The van der Waals surface area contributed by atoms with Crippen LogP contribution in [0.1, 0.15) is 27.2 Å². The Bertz CT molecular complexity index is 994. The first-order chi connectivity index (χ1) is 13.9. The number of para-hydroxylation sites is 1. The van der Waals surface area contributed by atoms with Gasteiger partial charge in [-0.2, -0.15) is 0 Å². The van der Waals surface area contributed by atoms with Crippen LogP contribution < -0.4 is 16.0 Å². The lowest BCUT2D eigenvalue weighted by atomic mass is 10.1. The van der Waals surface area contributed by atoms with Crippen LogP contribution in [0.25, 0.3) is 0 Å². The largest absolute Gasteiger partial charge is 0.360 e. The van der Waals surface area contributed by atoms with Crippen LogP contribution in [-0.2, 0) is 4.79 Å². The number of nitrogens with one attached hydrogen (secondary N) is 3. The molecule has 0 saturated heterocycles. The molecule has 0 fully saturated rings. The average Bonchev–Trinajstić information content (AvgIpc) is 2.70. The van der Waals surface area contributed by atoms with E-state index < -0.39 is 0 Å². The van der Waals surface area contributed by atoms with E-state index in [0.717, 1.165) is 22.4 Å². The zero-order valence-electron chi connectivity index (χ0n) is 16.6. The van der Waals surface area contributed by atoms with Gasteiger partial charge < -0.3 is 16.0 Å². The summed E-state index contributed by atoms with van der Waals surface area (Å²) < 4.78 is 0. The summed E-state index contributed by atoms with van der Waals surface area (Å²) in [6.07, 6.45) is 0. The number of aromatic nitrogens is 2. The quantitative estimate of drug-likeness (QED) is 0.597. The van der Waals surface area contributed by atoms with Crippen LogP contribution in [0.2, 0.25) is 0 Å². The smallest absolute Gasteiger partial charge is 0.276 e. The molecule has 3 rings (SSSR count). The van der Waals surface area contributed by atoms with Crippen LogP contribution in [0, 0.1) is 20.8 Å². The van der Waals surface area contributed by atoms with E-state index in [1.807, 2.05) is 51.1 Å². The molecule has 0 aliphatic rings. The normalized spacial score (nSPS) is 10.3. The molecule has 0 radical (unpaired) electrons. The zero-order chi connectivity index (χ0) is 20.8. The third-order valence-corrected chi connectivity index (χ3v) is 4.30. The van der Waals surface area contributed by atoms with Gasteiger partial charge in [-0.05, 0) is 56.2 Å². The first-order valence-corrected chi connectivity index (χ1v) is 9.24. The number of benzene rings is 2.